The van der Waals surface area contributed by atoms with Gasteiger partial charge in [0.25, 0.3) is 0 Å². The van der Waals surface area contributed by atoms with Crippen molar-refractivity contribution in [3.8, 4) is 0 Å². The molecule has 76 valence electrons. The Balaban J connectivity index is 2.22. The van der Waals surface area contributed by atoms with Crippen LogP contribution in [0.4, 0.5) is 5.69 Å². The first-order chi connectivity index (χ1) is 7.25. The van der Waals surface area contributed by atoms with Crippen molar-refractivity contribution < 1.29 is 0 Å². The van der Waals surface area contributed by atoms with E-state index in [1.54, 1.807) is 0 Å². The summed E-state index contributed by atoms with van der Waals surface area (Å²) in [6.07, 6.45) is 0.890. The molecule has 0 spiro atoms. The average Bonchev–Trinajstić information content (AvgIpc) is 2.25. The minimum Gasteiger partial charge on any atom is -0.398 e. The highest BCUT2D eigenvalue weighted by Gasteiger charge is 1.99. The van der Waals surface area contributed by atoms with Gasteiger partial charge in [-0.05, 0) is 29.7 Å². The average molecular weight is 218 g/mol. The lowest BCUT2D eigenvalue weighted by Crippen LogP contribution is -1.91. The van der Waals surface area contributed by atoms with Crippen molar-refractivity contribution in [1.29, 1.82) is 0 Å². The van der Waals surface area contributed by atoms with Gasteiger partial charge in [0.15, 0.2) is 0 Å². The molecule has 0 aliphatic rings. The van der Waals surface area contributed by atoms with Crippen molar-refractivity contribution in [2.45, 2.75) is 6.42 Å². The molecule has 0 atom stereocenters. The molecule has 0 bridgehead atoms. The zero-order valence-electron chi connectivity index (χ0n) is 8.28. The summed E-state index contributed by atoms with van der Waals surface area (Å²) in [7, 11) is 0. The summed E-state index contributed by atoms with van der Waals surface area (Å²) in [6, 6.07) is 16.1. The molecule has 2 N–H and O–H groups in total. The Bertz CT molecular complexity index is 451. The zero-order chi connectivity index (χ0) is 10.7. The number of rotatable bonds is 2. The second-order valence-corrected chi connectivity index (χ2v) is 3.93. The van der Waals surface area contributed by atoms with Crippen molar-refractivity contribution >= 4 is 17.3 Å². The third-order valence-corrected chi connectivity index (χ3v) is 2.64. The topological polar surface area (TPSA) is 26.0 Å². The molecule has 2 rings (SSSR count). The van der Waals surface area contributed by atoms with Gasteiger partial charge in [-0.15, -0.1) is 0 Å². The summed E-state index contributed by atoms with van der Waals surface area (Å²) >= 11 is 5.96. The van der Waals surface area contributed by atoms with E-state index in [1.807, 2.05) is 36.4 Å². The molecule has 0 heterocycles. The van der Waals surface area contributed by atoms with Crippen molar-refractivity contribution in [1.82, 2.24) is 0 Å². The maximum atomic E-state index is 5.96. The molecule has 2 aromatic carbocycles. The SMILES string of the molecule is Nc1ccc(Cc2ccccc2)cc1Cl. The van der Waals surface area contributed by atoms with Gasteiger partial charge in [0.1, 0.15) is 0 Å². The predicted molar refractivity (Wildman–Crippen MR) is 65.1 cm³/mol. The smallest absolute Gasteiger partial charge is 0.0638 e. The molecule has 0 aliphatic carbocycles. The monoisotopic (exact) mass is 217 g/mol. The molecule has 0 aliphatic heterocycles. The van der Waals surface area contributed by atoms with Crippen LogP contribution in [0.1, 0.15) is 11.1 Å². The highest BCUT2D eigenvalue weighted by molar-refractivity contribution is 6.33. The summed E-state index contributed by atoms with van der Waals surface area (Å²) in [5.41, 5.74) is 8.74. The molecule has 0 aromatic heterocycles. The van der Waals surface area contributed by atoms with E-state index < -0.39 is 0 Å². The fourth-order valence-electron chi connectivity index (χ4n) is 1.51. The molecular formula is C13H12ClN. The van der Waals surface area contributed by atoms with E-state index in [0.717, 1.165) is 6.42 Å². The maximum Gasteiger partial charge on any atom is 0.0638 e. The van der Waals surface area contributed by atoms with Gasteiger partial charge >= 0.3 is 0 Å². The van der Waals surface area contributed by atoms with Crippen molar-refractivity contribution in [2.75, 3.05) is 5.73 Å². The first-order valence-corrected chi connectivity index (χ1v) is 5.21. The quantitative estimate of drug-likeness (QED) is 0.766. The van der Waals surface area contributed by atoms with Crippen LogP contribution in [0.15, 0.2) is 48.5 Å². The fourth-order valence-corrected chi connectivity index (χ4v) is 1.72. The molecule has 0 saturated carbocycles. The fraction of sp³-hybridized carbons (Fsp3) is 0.0769. The summed E-state index contributed by atoms with van der Waals surface area (Å²) in [5.74, 6) is 0. The Hall–Kier alpha value is -1.47. The molecule has 2 heteroatoms. The lowest BCUT2D eigenvalue weighted by atomic mass is 10.1. The number of hydrogen-bond donors (Lipinski definition) is 1. The molecule has 1 nitrogen and oxygen atoms in total. The first kappa shape index (κ1) is 10.1. The molecular weight excluding hydrogens is 206 g/mol. The third kappa shape index (κ3) is 2.51. The van der Waals surface area contributed by atoms with Crippen LogP contribution in [0.5, 0.6) is 0 Å². The first-order valence-electron chi connectivity index (χ1n) is 4.83. The zero-order valence-corrected chi connectivity index (χ0v) is 9.04. The molecule has 15 heavy (non-hydrogen) atoms. The van der Waals surface area contributed by atoms with E-state index >= 15 is 0 Å². The van der Waals surface area contributed by atoms with E-state index in [4.69, 9.17) is 17.3 Å². The summed E-state index contributed by atoms with van der Waals surface area (Å²) in [5, 5.41) is 0.628. The Morgan fingerprint density at radius 1 is 0.933 bits per heavy atom. The lowest BCUT2D eigenvalue weighted by Gasteiger charge is -2.04. The number of hydrogen-bond acceptors (Lipinski definition) is 1. The number of anilines is 1. The van der Waals surface area contributed by atoms with E-state index in [0.29, 0.717) is 10.7 Å². The van der Waals surface area contributed by atoms with Gasteiger partial charge in [0.2, 0.25) is 0 Å². The maximum absolute atomic E-state index is 5.96. The van der Waals surface area contributed by atoms with E-state index in [1.165, 1.54) is 11.1 Å². The normalized spacial score (nSPS) is 10.2. The Morgan fingerprint density at radius 2 is 1.67 bits per heavy atom. The number of benzene rings is 2. The Kier molecular flexibility index (Phi) is 2.93. The van der Waals surface area contributed by atoms with Gasteiger partial charge in [-0.1, -0.05) is 48.0 Å². The summed E-state index contributed by atoms with van der Waals surface area (Å²) in [4.78, 5) is 0. The molecule has 0 amide bonds. The summed E-state index contributed by atoms with van der Waals surface area (Å²) < 4.78 is 0. The van der Waals surface area contributed by atoms with Crippen LogP contribution in [-0.4, -0.2) is 0 Å². The minimum atomic E-state index is 0.628. The Morgan fingerprint density at radius 3 is 2.33 bits per heavy atom. The molecule has 0 fully saturated rings. The van der Waals surface area contributed by atoms with Crippen molar-refractivity contribution in [3.63, 3.8) is 0 Å². The number of halogens is 1. The van der Waals surface area contributed by atoms with Crippen LogP contribution < -0.4 is 5.73 Å². The second-order valence-electron chi connectivity index (χ2n) is 3.52. The Labute approximate surface area is 94.5 Å². The lowest BCUT2D eigenvalue weighted by molar-refractivity contribution is 1.19. The molecule has 0 unspecified atom stereocenters. The molecule has 0 radical (unpaired) electrons. The van der Waals surface area contributed by atoms with E-state index in [9.17, 15) is 0 Å². The highest BCUT2D eigenvalue weighted by Crippen LogP contribution is 2.21. The second kappa shape index (κ2) is 4.37. The molecule has 0 saturated heterocycles. The van der Waals surface area contributed by atoms with Crippen LogP contribution in [0.3, 0.4) is 0 Å². The van der Waals surface area contributed by atoms with Gasteiger partial charge in [-0.2, -0.15) is 0 Å². The highest BCUT2D eigenvalue weighted by atomic mass is 35.5. The minimum absolute atomic E-state index is 0.628. The van der Waals surface area contributed by atoms with Gasteiger partial charge in [-0.3, -0.25) is 0 Å². The van der Waals surface area contributed by atoms with Crippen LogP contribution in [-0.2, 0) is 6.42 Å². The van der Waals surface area contributed by atoms with E-state index in [-0.39, 0.29) is 0 Å². The van der Waals surface area contributed by atoms with Crippen molar-refractivity contribution in [2.24, 2.45) is 0 Å². The standard InChI is InChI=1S/C13H12ClN/c14-12-9-11(6-7-13(12)15)8-10-4-2-1-3-5-10/h1-7,9H,8,15H2. The van der Waals surface area contributed by atoms with E-state index in [2.05, 4.69) is 12.1 Å². The van der Waals surface area contributed by atoms with Gasteiger partial charge in [-0.25, -0.2) is 0 Å². The van der Waals surface area contributed by atoms with Crippen LogP contribution >= 0.6 is 11.6 Å². The number of nitrogen functional groups attached to an aromatic ring is 1. The molecule has 2 aromatic rings. The van der Waals surface area contributed by atoms with Crippen LogP contribution in [0.2, 0.25) is 5.02 Å². The largest absolute Gasteiger partial charge is 0.398 e. The van der Waals surface area contributed by atoms with Gasteiger partial charge < -0.3 is 5.73 Å². The summed E-state index contributed by atoms with van der Waals surface area (Å²) in [6.45, 7) is 0. The number of nitrogens with two attached hydrogens (primary N) is 1. The third-order valence-electron chi connectivity index (χ3n) is 2.32. The van der Waals surface area contributed by atoms with Crippen molar-refractivity contribution in [3.05, 3.63) is 64.7 Å². The predicted octanol–water partition coefficient (Wildman–Crippen LogP) is 3.51. The van der Waals surface area contributed by atoms with Crippen LogP contribution in [0, 0.1) is 0 Å². The van der Waals surface area contributed by atoms with Crippen LogP contribution in [0.25, 0.3) is 0 Å². The van der Waals surface area contributed by atoms with Gasteiger partial charge in [0.05, 0.1) is 10.7 Å². The van der Waals surface area contributed by atoms with Gasteiger partial charge in [0, 0.05) is 0 Å².